The predicted molar refractivity (Wildman–Crippen MR) is 109 cm³/mol. The third kappa shape index (κ3) is 5.99. The summed E-state index contributed by atoms with van der Waals surface area (Å²) in [4.78, 5) is 23.1. The molecular weight excluding hydrogens is 444 g/mol. The van der Waals surface area contributed by atoms with Crippen molar-refractivity contribution in [1.82, 2.24) is 0 Å². The molecule has 8 nitrogen and oxygen atoms in total. The van der Waals surface area contributed by atoms with Crippen molar-refractivity contribution in [2.75, 3.05) is 26.1 Å². The van der Waals surface area contributed by atoms with Gasteiger partial charge in [0.05, 0.1) is 18.7 Å². The number of rotatable bonds is 8. The first-order valence-corrected chi connectivity index (χ1v) is 8.96. The van der Waals surface area contributed by atoms with E-state index in [0.717, 1.165) is 0 Å². The van der Waals surface area contributed by atoms with Crippen LogP contribution in [-0.2, 0) is 9.59 Å². The minimum absolute atomic E-state index is 0.131. The number of hydrogen-bond donors (Lipinski definition) is 2. The van der Waals surface area contributed by atoms with Crippen LogP contribution in [0.5, 0.6) is 17.2 Å². The van der Waals surface area contributed by atoms with Crippen LogP contribution in [0.15, 0.2) is 46.4 Å². The van der Waals surface area contributed by atoms with Gasteiger partial charge in [0, 0.05) is 5.69 Å². The highest BCUT2D eigenvalue weighted by Crippen LogP contribution is 2.37. The van der Waals surface area contributed by atoms with Crippen LogP contribution < -0.4 is 19.5 Å². The Labute approximate surface area is 175 Å². The molecule has 0 heterocycles. The second-order valence-corrected chi connectivity index (χ2v) is 6.42. The number of carbonyl (C=O) groups excluding carboxylic acids is 1. The van der Waals surface area contributed by atoms with Crippen LogP contribution >= 0.6 is 15.9 Å². The molecule has 29 heavy (non-hydrogen) atoms. The van der Waals surface area contributed by atoms with Gasteiger partial charge in [-0.25, -0.2) is 4.79 Å². The lowest BCUT2D eigenvalue weighted by Gasteiger charge is -2.12. The van der Waals surface area contributed by atoms with Crippen LogP contribution in [-0.4, -0.2) is 37.8 Å². The third-order valence-electron chi connectivity index (χ3n) is 3.62. The zero-order valence-corrected chi connectivity index (χ0v) is 17.1. The standard InChI is InChI=1S/C20H17BrN2O6/c1-27-15-5-3-14(4-6-15)23-20(26)13(10-22)7-12-8-16(21)19(17(9-12)28-2)29-11-18(24)25/h3-9H,11H2,1-2H3,(H,23,26)(H,24,25)/b13-7-. The zero-order valence-electron chi connectivity index (χ0n) is 15.6. The topological polar surface area (TPSA) is 118 Å². The summed E-state index contributed by atoms with van der Waals surface area (Å²) < 4.78 is 15.9. The number of nitriles is 1. The van der Waals surface area contributed by atoms with Gasteiger partial charge in [-0.3, -0.25) is 4.79 Å². The summed E-state index contributed by atoms with van der Waals surface area (Å²) in [7, 11) is 2.93. The van der Waals surface area contributed by atoms with Crippen molar-refractivity contribution in [3.05, 3.63) is 52.0 Å². The number of aliphatic carboxylic acids is 1. The molecule has 0 fully saturated rings. The molecule has 2 aromatic rings. The summed E-state index contributed by atoms with van der Waals surface area (Å²) in [6, 6.07) is 11.6. The summed E-state index contributed by atoms with van der Waals surface area (Å²) in [6.07, 6.45) is 1.38. The van der Waals surface area contributed by atoms with E-state index < -0.39 is 18.5 Å². The minimum Gasteiger partial charge on any atom is -0.497 e. The molecule has 0 aliphatic carbocycles. The Hall–Kier alpha value is -3.51. The van der Waals surface area contributed by atoms with Crippen LogP contribution in [0.1, 0.15) is 5.56 Å². The summed E-state index contributed by atoms with van der Waals surface area (Å²) in [5, 5.41) is 20.8. The highest BCUT2D eigenvalue weighted by atomic mass is 79.9. The minimum atomic E-state index is -1.13. The monoisotopic (exact) mass is 460 g/mol. The Balaban J connectivity index is 2.26. The largest absolute Gasteiger partial charge is 0.497 e. The number of nitrogens with zero attached hydrogens (tertiary/aromatic N) is 1. The first-order valence-electron chi connectivity index (χ1n) is 8.17. The van der Waals surface area contributed by atoms with Crippen LogP contribution in [0.4, 0.5) is 5.69 Å². The zero-order chi connectivity index (χ0) is 21.4. The van der Waals surface area contributed by atoms with E-state index >= 15 is 0 Å². The number of benzene rings is 2. The fourth-order valence-electron chi connectivity index (χ4n) is 2.29. The van der Waals surface area contributed by atoms with Crippen LogP contribution in [0, 0.1) is 11.3 Å². The fourth-order valence-corrected chi connectivity index (χ4v) is 2.86. The molecule has 0 aromatic heterocycles. The number of carboxylic acids is 1. The summed E-state index contributed by atoms with van der Waals surface area (Å²) in [5.41, 5.74) is 0.861. The molecule has 0 radical (unpaired) electrons. The molecule has 0 saturated carbocycles. The Morgan fingerprint density at radius 1 is 1.21 bits per heavy atom. The van der Waals surface area contributed by atoms with E-state index in [-0.39, 0.29) is 17.1 Å². The summed E-state index contributed by atoms with van der Waals surface area (Å²) in [6.45, 7) is -0.544. The van der Waals surface area contributed by atoms with E-state index in [4.69, 9.17) is 19.3 Å². The van der Waals surface area contributed by atoms with Crippen LogP contribution in [0.25, 0.3) is 6.08 Å². The normalized spacial score (nSPS) is 10.6. The SMILES string of the molecule is COc1ccc(NC(=O)/C(C#N)=C\c2cc(Br)c(OCC(=O)O)c(OC)c2)cc1. The highest BCUT2D eigenvalue weighted by molar-refractivity contribution is 9.10. The van der Waals surface area contributed by atoms with Gasteiger partial charge in [-0.2, -0.15) is 5.26 Å². The number of hydrogen-bond acceptors (Lipinski definition) is 6. The van der Waals surface area contributed by atoms with Gasteiger partial charge in [0.25, 0.3) is 5.91 Å². The van der Waals surface area contributed by atoms with Gasteiger partial charge in [0.2, 0.25) is 0 Å². The Kier molecular flexibility index (Phi) is 7.62. The molecule has 0 unspecified atom stereocenters. The number of methoxy groups -OCH3 is 2. The lowest BCUT2D eigenvalue weighted by molar-refractivity contribution is -0.139. The molecule has 1 amide bonds. The average molecular weight is 461 g/mol. The van der Waals surface area contributed by atoms with Gasteiger partial charge in [-0.05, 0) is 64.0 Å². The predicted octanol–water partition coefficient (Wildman–Crippen LogP) is 3.48. The Morgan fingerprint density at radius 2 is 1.90 bits per heavy atom. The molecule has 2 N–H and O–H groups in total. The van der Waals surface area contributed by atoms with Crippen LogP contribution in [0.2, 0.25) is 0 Å². The van der Waals surface area contributed by atoms with E-state index in [2.05, 4.69) is 21.2 Å². The highest BCUT2D eigenvalue weighted by Gasteiger charge is 2.15. The van der Waals surface area contributed by atoms with Crippen molar-refractivity contribution in [3.63, 3.8) is 0 Å². The van der Waals surface area contributed by atoms with E-state index in [9.17, 15) is 14.9 Å². The smallest absolute Gasteiger partial charge is 0.341 e. The van der Waals surface area contributed by atoms with E-state index in [1.807, 2.05) is 6.07 Å². The molecule has 2 rings (SSSR count). The number of carbonyl (C=O) groups is 2. The van der Waals surface area contributed by atoms with Crippen molar-refractivity contribution >= 4 is 39.6 Å². The molecule has 0 aliphatic rings. The Bertz CT molecular complexity index is 980. The van der Waals surface area contributed by atoms with E-state index in [1.165, 1.54) is 26.4 Å². The summed E-state index contributed by atoms with van der Waals surface area (Å²) >= 11 is 3.28. The molecule has 0 spiro atoms. The number of amides is 1. The second kappa shape index (κ2) is 10.1. The van der Waals surface area contributed by atoms with Gasteiger partial charge in [0.15, 0.2) is 18.1 Å². The fraction of sp³-hybridized carbons (Fsp3) is 0.150. The van der Waals surface area contributed by atoms with Gasteiger partial charge in [-0.1, -0.05) is 0 Å². The second-order valence-electron chi connectivity index (χ2n) is 5.57. The lowest BCUT2D eigenvalue weighted by atomic mass is 10.1. The molecular formula is C20H17BrN2O6. The quantitative estimate of drug-likeness (QED) is 0.457. The maximum atomic E-state index is 12.4. The van der Waals surface area contributed by atoms with Crippen molar-refractivity contribution < 1.29 is 28.9 Å². The first kappa shape index (κ1) is 21.8. The molecule has 0 bridgehead atoms. The maximum Gasteiger partial charge on any atom is 0.341 e. The Morgan fingerprint density at radius 3 is 2.45 bits per heavy atom. The molecule has 0 saturated heterocycles. The maximum absolute atomic E-state index is 12.4. The molecule has 150 valence electrons. The number of anilines is 1. The van der Waals surface area contributed by atoms with Crippen molar-refractivity contribution in [1.29, 1.82) is 5.26 Å². The van der Waals surface area contributed by atoms with Gasteiger partial charge < -0.3 is 24.6 Å². The van der Waals surface area contributed by atoms with Gasteiger partial charge in [-0.15, -0.1) is 0 Å². The number of ether oxygens (including phenoxy) is 3. The third-order valence-corrected chi connectivity index (χ3v) is 4.20. The van der Waals surface area contributed by atoms with E-state index in [0.29, 0.717) is 21.5 Å². The number of carboxylic acid groups (broad SMARTS) is 1. The summed E-state index contributed by atoms with van der Waals surface area (Å²) in [5.74, 6) is -0.627. The molecule has 0 atom stereocenters. The molecule has 0 aliphatic heterocycles. The lowest BCUT2D eigenvalue weighted by Crippen LogP contribution is -2.13. The van der Waals surface area contributed by atoms with E-state index in [1.54, 1.807) is 30.3 Å². The molecule has 2 aromatic carbocycles. The van der Waals surface area contributed by atoms with Crippen molar-refractivity contribution in [2.24, 2.45) is 0 Å². The number of halogens is 1. The first-order chi connectivity index (χ1) is 13.9. The molecule has 9 heteroatoms. The number of nitrogens with one attached hydrogen (secondary N) is 1. The van der Waals surface area contributed by atoms with Crippen molar-refractivity contribution in [3.8, 4) is 23.3 Å². The van der Waals surface area contributed by atoms with Crippen LogP contribution in [0.3, 0.4) is 0 Å². The van der Waals surface area contributed by atoms with Crippen molar-refractivity contribution in [2.45, 2.75) is 0 Å². The average Bonchev–Trinajstić information content (AvgIpc) is 2.71. The van der Waals surface area contributed by atoms with Gasteiger partial charge >= 0.3 is 5.97 Å². The van der Waals surface area contributed by atoms with Gasteiger partial charge in [0.1, 0.15) is 17.4 Å².